The van der Waals surface area contributed by atoms with Crippen LogP contribution in [-0.2, 0) is 4.79 Å². The maximum atomic E-state index is 10.7. The van der Waals surface area contributed by atoms with Crippen molar-refractivity contribution in [3.8, 4) is 0 Å². The Balaban J connectivity index is 2.28. The van der Waals surface area contributed by atoms with Crippen molar-refractivity contribution < 1.29 is 9.90 Å². The van der Waals surface area contributed by atoms with Crippen LogP contribution >= 0.6 is 0 Å². The van der Waals surface area contributed by atoms with E-state index in [1.807, 2.05) is 6.92 Å². The molecular weight excluding hydrogens is 230 g/mol. The molecule has 5 heteroatoms. The van der Waals surface area contributed by atoms with Crippen LogP contribution in [-0.4, -0.2) is 84.7 Å². The minimum absolute atomic E-state index is 0.125. The van der Waals surface area contributed by atoms with Crippen molar-refractivity contribution in [2.24, 2.45) is 0 Å². The predicted octanol–water partition coefficient (Wildman–Crippen LogP) is 0.419. The second-order valence-electron chi connectivity index (χ2n) is 5.22. The number of carboxylic acid groups (broad SMARTS) is 1. The van der Waals surface area contributed by atoms with E-state index >= 15 is 0 Å². The summed E-state index contributed by atoms with van der Waals surface area (Å²) >= 11 is 0. The summed E-state index contributed by atoms with van der Waals surface area (Å²) in [6.07, 6.45) is 0.233. The van der Waals surface area contributed by atoms with Gasteiger partial charge >= 0.3 is 5.97 Å². The largest absolute Gasteiger partial charge is 0.481 e. The van der Waals surface area contributed by atoms with Gasteiger partial charge in [0, 0.05) is 45.3 Å². The van der Waals surface area contributed by atoms with Gasteiger partial charge in [-0.3, -0.25) is 14.6 Å². The van der Waals surface area contributed by atoms with Crippen LogP contribution in [0.1, 0.15) is 20.3 Å². The zero-order valence-electron chi connectivity index (χ0n) is 11.9. The number of rotatable bonds is 7. The first-order chi connectivity index (χ1) is 8.52. The Morgan fingerprint density at radius 2 is 1.94 bits per heavy atom. The molecule has 106 valence electrons. The van der Waals surface area contributed by atoms with E-state index in [1.54, 1.807) is 0 Å². The van der Waals surface area contributed by atoms with Gasteiger partial charge in [-0.2, -0.15) is 0 Å². The number of carbonyl (C=O) groups is 1. The Morgan fingerprint density at radius 1 is 1.33 bits per heavy atom. The van der Waals surface area contributed by atoms with Crippen LogP contribution in [0.3, 0.4) is 0 Å². The van der Waals surface area contributed by atoms with Crippen molar-refractivity contribution in [2.45, 2.75) is 26.3 Å². The van der Waals surface area contributed by atoms with Crippen molar-refractivity contribution in [2.75, 3.05) is 52.9 Å². The van der Waals surface area contributed by atoms with Crippen LogP contribution in [0.5, 0.6) is 0 Å². The molecule has 1 heterocycles. The van der Waals surface area contributed by atoms with Gasteiger partial charge in [0.2, 0.25) is 0 Å². The molecule has 0 saturated carbocycles. The molecular formula is C13H27N3O2. The van der Waals surface area contributed by atoms with Crippen molar-refractivity contribution in [1.29, 1.82) is 0 Å². The molecule has 1 unspecified atom stereocenters. The molecule has 0 aromatic carbocycles. The highest BCUT2D eigenvalue weighted by Crippen LogP contribution is 2.05. The predicted molar refractivity (Wildman–Crippen MR) is 72.9 cm³/mol. The van der Waals surface area contributed by atoms with Crippen molar-refractivity contribution in [3.63, 3.8) is 0 Å². The minimum atomic E-state index is -0.708. The van der Waals surface area contributed by atoms with Gasteiger partial charge in [0.25, 0.3) is 0 Å². The van der Waals surface area contributed by atoms with E-state index in [1.165, 1.54) is 0 Å². The Labute approximate surface area is 110 Å². The summed E-state index contributed by atoms with van der Waals surface area (Å²) in [5, 5.41) is 8.83. The average molecular weight is 257 g/mol. The lowest BCUT2D eigenvalue weighted by molar-refractivity contribution is -0.138. The van der Waals surface area contributed by atoms with E-state index in [-0.39, 0.29) is 12.5 Å². The molecule has 0 aliphatic carbocycles. The number of carboxylic acids is 1. The second kappa shape index (κ2) is 7.71. The van der Waals surface area contributed by atoms with Gasteiger partial charge < -0.3 is 10.0 Å². The highest BCUT2D eigenvalue weighted by Gasteiger charge is 2.18. The fraction of sp³-hybridized carbons (Fsp3) is 0.923. The number of hydrogen-bond acceptors (Lipinski definition) is 4. The summed E-state index contributed by atoms with van der Waals surface area (Å²) < 4.78 is 0. The lowest BCUT2D eigenvalue weighted by Crippen LogP contribution is -2.48. The standard InChI is InChI=1S/C13H27N3O2/c1-4-16(12(2)11-13(17)18)10-9-15-7-5-14(3)6-8-15/h12H,4-11H2,1-3H3,(H,17,18). The highest BCUT2D eigenvalue weighted by atomic mass is 16.4. The van der Waals surface area contributed by atoms with Crippen LogP contribution in [0, 0.1) is 0 Å². The Kier molecular flexibility index (Phi) is 6.60. The first kappa shape index (κ1) is 15.4. The third kappa shape index (κ3) is 5.33. The molecule has 1 N–H and O–H groups in total. The topological polar surface area (TPSA) is 47.0 Å². The van der Waals surface area contributed by atoms with Gasteiger partial charge in [-0.25, -0.2) is 0 Å². The summed E-state index contributed by atoms with van der Waals surface area (Å²) in [5.74, 6) is -0.708. The Hall–Kier alpha value is -0.650. The van der Waals surface area contributed by atoms with E-state index in [0.717, 1.165) is 45.8 Å². The molecule has 0 aromatic rings. The van der Waals surface area contributed by atoms with Crippen molar-refractivity contribution >= 4 is 5.97 Å². The molecule has 0 bridgehead atoms. The van der Waals surface area contributed by atoms with Gasteiger partial charge in [0.1, 0.15) is 0 Å². The number of hydrogen-bond donors (Lipinski definition) is 1. The Bertz CT molecular complexity index is 253. The molecule has 1 fully saturated rings. The fourth-order valence-electron chi connectivity index (χ4n) is 2.41. The molecule has 0 radical (unpaired) electrons. The first-order valence-corrected chi connectivity index (χ1v) is 6.89. The van der Waals surface area contributed by atoms with Crippen LogP contribution in [0.15, 0.2) is 0 Å². The van der Waals surface area contributed by atoms with Crippen LogP contribution < -0.4 is 0 Å². The Morgan fingerprint density at radius 3 is 2.44 bits per heavy atom. The molecule has 1 rings (SSSR count). The van der Waals surface area contributed by atoms with E-state index < -0.39 is 5.97 Å². The van der Waals surface area contributed by atoms with Crippen LogP contribution in [0.4, 0.5) is 0 Å². The first-order valence-electron chi connectivity index (χ1n) is 6.89. The van der Waals surface area contributed by atoms with E-state index in [4.69, 9.17) is 5.11 Å². The average Bonchev–Trinajstić information content (AvgIpc) is 2.31. The van der Waals surface area contributed by atoms with Gasteiger partial charge in [-0.05, 0) is 20.5 Å². The molecule has 0 aromatic heterocycles. The lowest BCUT2D eigenvalue weighted by Gasteiger charge is -2.35. The monoisotopic (exact) mass is 257 g/mol. The normalized spacial score (nSPS) is 20.2. The molecule has 1 aliphatic heterocycles. The summed E-state index contributed by atoms with van der Waals surface area (Å²) in [7, 11) is 2.16. The summed E-state index contributed by atoms with van der Waals surface area (Å²) in [6, 6.07) is 0.125. The zero-order valence-corrected chi connectivity index (χ0v) is 11.9. The van der Waals surface area contributed by atoms with Crippen molar-refractivity contribution in [1.82, 2.24) is 14.7 Å². The molecule has 5 nitrogen and oxygen atoms in total. The third-order valence-corrected chi connectivity index (χ3v) is 3.80. The van der Waals surface area contributed by atoms with Crippen LogP contribution in [0.25, 0.3) is 0 Å². The molecule has 1 atom stereocenters. The number of likely N-dealkylation sites (N-methyl/N-ethyl adjacent to an activating group) is 2. The number of aliphatic carboxylic acids is 1. The van der Waals surface area contributed by atoms with Crippen LogP contribution in [0.2, 0.25) is 0 Å². The molecule has 0 amide bonds. The highest BCUT2D eigenvalue weighted by molar-refractivity contribution is 5.67. The molecule has 1 aliphatic rings. The molecule has 18 heavy (non-hydrogen) atoms. The van der Waals surface area contributed by atoms with Crippen molar-refractivity contribution in [3.05, 3.63) is 0 Å². The zero-order chi connectivity index (χ0) is 13.5. The second-order valence-corrected chi connectivity index (χ2v) is 5.22. The van der Waals surface area contributed by atoms with Gasteiger partial charge in [-0.1, -0.05) is 6.92 Å². The quantitative estimate of drug-likeness (QED) is 0.716. The van der Waals surface area contributed by atoms with Gasteiger partial charge in [0.05, 0.1) is 6.42 Å². The molecule has 0 spiro atoms. The maximum Gasteiger partial charge on any atom is 0.304 e. The van der Waals surface area contributed by atoms with E-state index in [0.29, 0.717) is 0 Å². The summed E-state index contributed by atoms with van der Waals surface area (Å²) in [5.41, 5.74) is 0. The van der Waals surface area contributed by atoms with E-state index in [9.17, 15) is 4.79 Å². The SMILES string of the molecule is CCN(CCN1CCN(C)CC1)C(C)CC(=O)O. The fourth-order valence-corrected chi connectivity index (χ4v) is 2.41. The van der Waals surface area contributed by atoms with E-state index in [2.05, 4.69) is 28.7 Å². The molecule has 1 saturated heterocycles. The summed E-state index contributed by atoms with van der Waals surface area (Å²) in [4.78, 5) is 17.8. The van der Waals surface area contributed by atoms with Gasteiger partial charge in [-0.15, -0.1) is 0 Å². The smallest absolute Gasteiger partial charge is 0.304 e. The minimum Gasteiger partial charge on any atom is -0.481 e. The van der Waals surface area contributed by atoms with Gasteiger partial charge in [0.15, 0.2) is 0 Å². The summed E-state index contributed by atoms with van der Waals surface area (Å²) in [6.45, 7) is 11.6. The lowest BCUT2D eigenvalue weighted by atomic mass is 10.2. The number of piperazine rings is 1. The maximum absolute atomic E-state index is 10.7. The third-order valence-electron chi connectivity index (χ3n) is 3.80. The number of nitrogens with zero attached hydrogens (tertiary/aromatic N) is 3.